The molecule has 60 valence electrons. The van der Waals surface area contributed by atoms with Crippen molar-refractivity contribution in [2.45, 2.75) is 31.8 Å². The molecule has 0 fully saturated rings. The highest BCUT2D eigenvalue weighted by atomic mass is 79.9. The van der Waals surface area contributed by atoms with Gasteiger partial charge >= 0.3 is 0 Å². The Labute approximate surface area is 68.4 Å². The third-order valence-electron chi connectivity index (χ3n) is 1.38. The minimum atomic E-state index is -1.62. The zero-order valence-electron chi connectivity index (χ0n) is 6.13. The minimum absolute atomic E-state index is 0.546. The van der Waals surface area contributed by atoms with E-state index in [9.17, 15) is 8.78 Å². The number of allylic oxidation sites excluding steroid dienone is 2. The SMILES string of the molecule is CCC(CC)=C(F)C(F)Br. The fourth-order valence-corrected chi connectivity index (χ4v) is 1.07. The monoisotopic (exact) mass is 212 g/mol. The molecule has 1 unspecified atom stereocenters. The van der Waals surface area contributed by atoms with Gasteiger partial charge in [0.1, 0.15) is 5.83 Å². The van der Waals surface area contributed by atoms with Crippen LogP contribution in [0.15, 0.2) is 11.4 Å². The summed E-state index contributed by atoms with van der Waals surface area (Å²) in [7, 11) is 0. The van der Waals surface area contributed by atoms with Gasteiger partial charge in [-0.1, -0.05) is 13.8 Å². The fourth-order valence-electron chi connectivity index (χ4n) is 0.742. The maximum absolute atomic E-state index is 12.6. The van der Waals surface area contributed by atoms with Crippen LogP contribution in [0.5, 0.6) is 0 Å². The highest BCUT2D eigenvalue weighted by Gasteiger charge is 2.11. The quantitative estimate of drug-likeness (QED) is 0.626. The summed E-state index contributed by atoms with van der Waals surface area (Å²) in [5, 5.41) is -1.62. The topological polar surface area (TPSA) is 0 Å². The smallest absolute Gasteiger partial charge is 0.205 e. The third kappa shape index (κ3) is 2.78. The average Bonchev–Trinajstić information content (AvgIpc) is 1.90. The van der Waals surface area contributed by atoms with Gasteiger partial charge in [0.05, 0.1) is 0 Å². The molecule has 0 bridgehead atoms. The van der Waals surface area contributed by atoms with Crippen molar-refractivity contribution in [1.82, 2.24) is 0 Å². The Bertz CT molecular complexity index is 124. The molecule has 0 N–H and O–H groups in total. The Balaban J connectivity index is 4.27. The first kappa shape index (κ1) is 10.1. The van der Waals surface area contributed by atoms with Gasteiger partial charge in [-0.2, -0.15) is 0 Å². The number of hydrogen-bond donors (Lipinski definition) is 0. The van der Waals surface area contributed by atoms with E-state index in [1.54, 1.807) is 0 Å². The fraction of sp³-hybridized carbons (Fsp3) is 0.714. The lowest BCUT2D eigenvalue weighted by Crippen LogP contribution is -1.93. The van der Waals surface area contributed by atoms with Gasteiger partial charge in [-0.15, -0.1) is 0 Å². The number of halogens is 3. The van der Waals surface area contributed by atoms with Gasteiger partial charge in [0.2, 0.25) is 5.08 Å². The van der Waals surface area contributed by atoms with Crippen LogP contribution in [0.2, 0.25) is 0 Å². The van der Waals surface area contributed by atoms with E-state index in [0.29, 0.717) is 18.4 Å². The van der Waals surface area contributed by atoms with Crippen molar-refractivity contribution >= 4 is 15.9 Å². The lowest BCUT2D eigenvalue weighted by atomic mass is 10.1. The zero-order chi connectivity index (χ0) is 8.15. The molecule has 0 aliphatic rings. The summed E-state index contributed by atoms with van der Waals surface area (Å²) < 4.78 is 24.9. The van der Waals surface area contributed by atoms with E-state index in [1.807, 2.05) is 13.8 Å². The number of rotatable bonds is 3. The second-order valence-electron chi connectivity index (χ2n) is 1.96. The predicted octanol–water partition coefficient (Wildman–Crippen LogP) is 3.72. The van der Waals surface area contributed by atoms with E-state index in [2.05, 4.69) is 15.9 Å². The first-order chi connectivity index (χ1) is 4.63. The molecule has 0 heterocycles. The first-order valence-corrected chi connectivity index (χ1v) is 4.20. The molecule has 0 aromatic carbocycles. The Morgan fingerprint density at radius 1 is 1.40 bits per heavy atom. The molecule has 0 rings (SSSR count). The molecule has 0 aromatic heterocycles. The molecule has 0 saturated heterocycles. The molecule has 0 aromatic rings. The third-order valence-corrected chi connectivity index (χ3v) is 1.78. The van der Waals surface area contributed by atoms with E-state index < -0.39 is 10.9 Å². The molecular weight excluding hydrogens is 202 g/mol. The van der Waals surface area contributed by atoms with E-state index in [1.165, 1.54) is 0 Å². The van der Waals surface area contributed by atoms with Crippen LogP contribution in [0, 0.1) is 0 Å². The Kier molecular flexibility index (Phi) is 4.87. The Hall–Kier alpha value is 0.0800. The molecule has 1 atom stereocenters. The van der Waals surface area contributed by atoms with Crippen LogP contribution in [0.4, 0.5) is 8.78 Å². The predicted molar refractivity (Wildman–Crippen MR) is 42.5 cm³/mol. The highest BCUT2D eigenvalue weighted by molar-refractivity contribution is 9.09. The van der Waals surface area contributed by atoms with E-state index >= 15 is 0 Å². The second kappa shape index (κ2) is 4.83. The molecule has 3 heteroatoms. The van der Waals surface area contributed by atoms with E-state index in [0.717, 1.165) is 0 Å². The summed E-state index contributed by atoms with van der Waals surface area (Å²) in [5.41, 5.74) is 0.546. The molecule has 0 aliphatic heterocycles. The van der Waals surface area contributed by atoms with Crippen LogP contribution in [0.1, 0.15) is 26.7 Å². The van der Waals surface area contributed by atoms with Crippen molar-refractivity contribution in [2.24, 2.45) is 0 Å². The summed E-state index contributed by atoms with van der Waals surface area (Å²) in [4.78, 5) is 0. The van der Waals surface area contributed by atoms with E-state index in [-0.39, 0.29) is 0 Å². The van der Waals surface area contributed by atoms with Gasteiger partial charge in [0.15, 0.2) is 0 Å². The molecule has 0 amide bonds. The Morgan fingerprint density at radius 3 is 1.90 bits per heavy atom. The van der Waals surface area contributed by atoms with Crippen molar-refractivity contribution in [3.8, 4) is 0 Å². The summed E-state index contributed by atoms with van der Waals surface area (Å²) in [6.45, 7) is 3.63. The van der Waals surface area contributed by atoms with Gasteiger partial charge in [0, 0.05) is 0 Å². The maximum Gasteiger partial charge on any atom is 0.205 e. The lowest BCUT2D eigenvalue weighted by Gasteiger charge is -2.03. The van der Waals surface area contributed by atoms with Crippen molar-refractivity contribution in [3.63, 3.8) is 0 Å². The van der Waals surface area contributed by atoms with Crippen LogP contribution < -0.4 is 0 Å². The van der Waals surface area contributed by atoms with Gasteiger partial charge in [-0.25, -0.2) is 8.78 Å². The van der Waals surface area contributed by atoms with Gasteiger partial charge in [0.25, 0.3) is 0 Å². The number of hydrogen-bond acceptors (Lipinski definition) is 0. The minimum Gasteiger partial charge on any atom is -0.227 e. The average molecular weight is 213 g/mol. The Morgan fingerprint density at radius 2 is 1.80 bits per heavy atom. The van der Waals surface area contributed by atoms with Crippen molar-refractivity contribution in [1.29, 1.82) is 0 Å². The first-order valence-electron chi connectivity index (χ1n) is 3.29. The largest absolute Gasteiger partial charge is 0.227 e. The standard InChI is InChI=1S/C7H11BrF2/c1-3-5(4-2)6(9)7(8)10/h7H,3-4H2,1-2H3. The molecule has 0 spiro atoms. The van der Waals surface area contributed by atoms with Gasteiger partial charge in [-0.05, 0) is 34.3 Å². The van der Waals surface area contributed by atoms with Crippen molar-refractivity contribution in [2.75, 3.05) is 0 Å². The molecule has 10 heavy (non-hydrogen) atoms. The van der Waals surface area contributed by atoms with Crippen LogP contribution in [0.25, 0.3) is 0 Å². The summed E-state index contributed by atoms with van der Waals surface area (Å²) in [6, 6.07) is 0. The molecule has 0 radical (unpaired) electrons. The molecular formula is C7H11BrF2. The van der Waals surface area contributed by atoms with Gasteiger partial charge in [-0.3, -0.25) is 0 Å². The van der Waals surface area contributed by atoms with Gasteiger partial charge < -0.3 is 0 Å². The highest BCUT2D eigenvalue weighted by Crippen LogP contribution is 2.22. The molecule has 0 aliphatic carbocycles. The zero-order valence-corrected chi connectivity index (χ0v) is 7.71. The van der Waals surface area contributed by atoms with E-state index in [4.69, 9.17) is 0 Å². The van der Waals surface area contributed by atoms with Crippen molar-refractivity contribution < 1.29 is 8.78 Å². The molecule has 0 saturated carbocycles. The van der Waals surface area contributed by atoms with Crippen LogP contribution in [-0.4, -0.2) is 5.08 Å². The van der Waals surface area contributed by atoms with Crippen LogP contribution in [-0.2, 0) is 0 Å². The molecule has 0 nitrogen and oxygen atoms in total. The van der Waals surface area contributed by atoms with Crippen molar-refractivity contribution in [3.05, 3.63) is 11.4 Å². The number of alkyl halides is 2. The normalized spacial score (nSPS) is 12.9. The van der Waals surface area contributed by atoms with Crippen LogP contribution in [0.3, 0.4) is 0 Å². The summed E-state index contributed by atoms with van der Waals surface area (Å²) in [6.07, 6.45) is 1.16. The van der Waals surface area contributed by atoms with Crippen LogP contribution >= 0.6 is 15.9 Å². The summed E-state index contributed by atoms with van der Waals surface area (Å²) in [5.74, 6) is -0.662. The summed E-state index contributed by atoms with van der Waals surface area (Å²) >= 11 is 2.52. The maximum atomic E-state index is 12.6. The second-order valence-corrected chi connectivity index (χ2v) is 2.76. The lowest BCUT2D eigenvalue weighted by molar-refractivity contribution is 0.422.